The van der Waals surface area contributed by atoms with Gasteiger partial charge in [0.25, 0.3) is 0 Å². The van der Waals surface area contributed by atoms with E-state index in [-0.39, 0.29) is 25.2 Å². The zero-order valence-electron chi connectivity index (χ0n) is 15.7. The Morgan fingerprint density at radius 2 is 1.50 bits per heavy atom. The first kappa shape index (κ1) is 22.4. The Morgan fingerprint density at radius 1 is 0.962 bits per heavy atom. The molecule has 1 aliphatic heterocycles. The summed E-state index contributed by atoms with van der Waals surface area (Å²) < 4.78 is 16.3. The van der Waals surface area contributed by atoms with Gasteiger partial charge in [-0.1, -0.05) is 13.8 Å². The number of carboxylic acid groups (broad SMARTS) is 1. The maximum absolute atomic E-state index is 12.0. The smallest absolute Gasteiger partial charge is 0.306 e. The Kier molecular flexibility index (Phi) is 9.58. The molecule has 0 bridgehead atoms. The lowest BCUT2D eigenvalue weighted by atomic mass is 9.85. The Labute approximate surface area is 153 Å². The third kappa shape index (κ3) is 6.92. The van der Waals surface area contributed by atoms with E-state index < -0.39 is 42.5 Å². The van der Waals surface area contributed by atoms with Gasteiger partial charge in [0, 0.05) is 25.2 Å². The van der Waals surface area contributed by atoms with Gasteiger partial charge in [0.2, 0.25) is 0 Å². The average Bonchev–Trinajstić information content (AvgIpc) is 2.54. The molecule has 1 heterocycles. The third-order valence-corrected chi connectivity index (χ3v) is 4.36. The first-order valence-corrected chi connectivity index (χ1v) is 9.24. The zero-order valence-corrected chi connectivity index (χ0v) is 15.7. The number of hydrogen-bond acceptors (Lipinski definition) is 7. The van der Waals surface area contributed by atoms with E-state index in [1.807, 2.05) is 13.8 Å². The summed E-state index contributed by atoms with van der Waals surface area (Å²) in [5, 5.41) is 19.1. The van der Waals surface area contributed by atoms with Gasteiger partial charge in [-0.25, -0.2) is 0 Å². The molecule has 1 aliphatic rings. The summed E-state index contributed by atoms with van der Waals surface area (Å²) in [4.78, 5) is 34.7. The van der Waals surface area contributed by atoms with Gasteiger partial charge in [0.05, 0.1) is 6.10 Å². The SMILES string of the molecule is CCCC(=O)O[C@@H]1[C@H](CCCC(=O)O)[C@H](C)OC(O)[C@H]1OC(=O)CCC. The van der Waals surface area contributed by atoms with Gasteiger partial charge in [0.15, 0.2) is 12.4 Å². The van der Waals surface area contributed by atoms with Crippen LogP contribution in [0.15, 0.2) is 0 Å². The molecule has 26 heavy (non-hydrogen) atoms. The van der Waals surface area contributed by atoms with Crippen LogP contribution in [0.1, 0.15) is 65.7 Å². The molecule has 0 aliphatic carbocycles. The molecule has 1 fully saturated rings. The summed E-state index contributed by atoms with van der Waals surface area (Å²) in [7, 11) is 0. The van der Waals surface area contributed by atoms with E-state index in [9.17, 15) is 19.5 Å². The van der Waals surface area contributed by atoms with Crippen LogP contribution >= 0.6 is 0 Å². The highest BCUT2D eigenvalue weighted by atomic mass is 16.7. The highest BCUT2D eigenvalue weighted by molar-refractivity contribution is 5.70. The zero-order chi connectivity index (χ0) is 19.7. The minimum atomic E-state index is -1.40. The Hall–Kier alpha value is -1.67. The van der Waals surface area contributed by atoms with Gasteiger partial charge in [-0.2, -0.15) is 0 Å². The number of aliphatic hydroxyl groups excluding tert-OH is 1. The van der Waals surface area contributed by atoms with Crippen LogP contribution in [0, 0.1) is 5.92 Å². The lowest BCUT2D eigenvalue weighted by Gasteiger charge is -2.43. The molecule has 2 N–H and O–H groups in total. The number of hydrogen-bond donors (Lipinski definition) is 2. The summed E-state index contributed by atoms with van der Waals surface area (Å²) in [5.74, 6) is -2.24. The first-order chi connectivity index (χ1) is 12.3. The number of aliphatic hydroxyl groups is 1. The van der Waals surface area contributed by atoms with Crippen LogP contribution in [0.2, 0.25) is 0 Å². The number of carbonyl (C=O) groups excluding carboxylic acids is 2. The van der Waals surface area contributed by atoms with E-state index in [2.05, 4.69) is 0 Å². The second-order valence-electron chi connectivity index (χ2n) is 6.59. The molecule has 0 amide bonds. The molecule has 0 saturated carbocycles. The van der Waals surface area contributed by atoms with Crippen molar-refractivity contribution in [1.29, 1.82) is 0 Å². The Morgan fingerprint density at radius 3 is 2.00 bits per heavy atom. The van der Waals surface area contributed by atoms with Crippen molar-refractivity contribution in [3.8, 4) is 0 Å². The van der Waals surface area contributed by atoms with Crippen molar-refractivity contribution in [2.45, 2.75) is 90.3 Å². The molecule has 5 atom stereocenters. The van der Waals surface area contributed by atoms with Crippen molar-refractivity contribution in [3.05, 3.63) is 0 Å². The van der Waals surface area contributed by atoms with Crippen molar-refractivity contribution < 1.29 is 38.8 Å². The number of esters is 2. The summed E-state index contributed by atoms with van der Waals surface area (Å²) >= 11 is 0. The number of carboxylic acids is 1. The average molecular weight is 374 g/mol. The molecule has 1 rings (SSSR count). The highest BCUT2D eigenvalue weighted by Gasteiger charge is 2.47. The molecule has 0 aromatic carbocycles. The third-order valence-electron chi connectivity index (χ3n) is 4.36. The summed E-state index contributed by atoms with van der Waals surface area (Å²) in [5.41, 5.74) is 0. The molecule has 8 nitrogen and oxygen atoms in total. The standard InChI is InChI=1S/C18H30O8/c1-4-7-14(21)25-16-12(9-6-10-13(19)20)11(3)24-18(23)17(16)26-15(22)8-5-2/h11-12,16-18,23H,4-10H2,1-3H3,(H,19,20)/t11-,12+,16+,17-,18?/m0/s1. The van der Waals surface area contributed by atoms with Crippen molar-refractivity contribution in [2.75, 3.05) is 0 Å². The second-order valence-corrected chi connectivity index (χ2v) is 6.59. The van der Waals surface area contributed by atoms with Gasteiger partial charge >= 0.3 is 17.9 Å². The van der Waals surface area contributed by atoms with E-state index in [4.69, 9.17) is 19.3 Å². The molecular weight excluding hydrogens is 344 g/mol. The van der Waals surface area contributed by atoms with Crippen molar-refractivity contribution in [2.24, 2.45) is 5.92 Å². The molecule has 1 unspecified atom stereocenters. The minimum Gasteiger partial charge on any atom is -0.481 e. The molecule has 8 heteroatoms. The Bertz CT molecular complexity index is 478. The van der Waals surface area contributed by atoms with Crippen LogP contribution < -0.4 is 0 Å². The first-order valence-electron chi connectivity index (χ1n) is 9.24. The Balaban J connectivity index is 2.95. The topological polar surface area (TPSA) is 119 Å². The van der Waals surface area contributed by atoms with Crippen LogP contribution in [-0.2, 0) is 28.6 Å². The predicted octanol–water partition coefficient (Wildman–Crippen LogP) is 2.02. The van der Waals surface area contributed by atoms with Crippen molar-refractivity contribution in [3.63, 3.8) is 0 Å². The molecule has 0 aromatic heterocycles. The number of aliphatic carboxylic acids is 1. The maximum atomic E-state index is 12.0. The van der Waals surface area contributed by atoms with Gasteiger partial charge in [-0.3, -0.25) is 14.4 Å². The van der Waals surface area contributed by atoms with Crippen molar-refractivity contribution in [1.82, 2.24) is 0 Å². The molecule has 0 spiro atoms. The molecule has 150 valence electrons. The molecule has 0 aromatic rings. The molecular formula is C18H30O8. The quantitative estimate of drug-likeness (QED) is 0.557. The fourth-order valence-electron chi connectivity index (χ4n) is 3.07. The minimum absolute atomic E-state index is 0.0261. The highest BCUT2D eigenvalue weighted by Crippen LogP contribution is 2.33. The van der Waals surface area contributed by atoms with Crippen LogP contribution in [0.4, 0.5) is 0 Å². The van der Waals surface area contributed by atoms with Crippen LogP contribution in [0.5, 0.6) is 0 Å². The van der Waals surface area contributed by atoms with Gasteiger partial charge < -0.3 is 24.4 Å². The normalized spacial score (nSPS) is 28.4. The van der Waals surface area contributed by atoms with Gasteiger partial charge in [-0.05, 0) is 32.6 Å². The lowest BCUT2D eigenvalue weighted by molar-refractivity contribution is -0.276. The fourth-order valence-corrected chi connectivity index (χ4v) is 3.07. The van der Waals surface area contributed by atoms with E-state index in [1.165, 1.54) is 0 Å². The van der Waals surface area contributed by atoms with E-state index in [1.54, 1.807) is 6.92 Å². The number of rotatable bonds is 10. The summed E-state index contributed by atoms with van der Waals surface area (Å²) in [6.07, 6.45) is -1.55. The largest absolute Gasteiger partial charge is 0.481 e. The molecule has 1 saturated heterocycles. The van der Waals surface area contributed by atoms with Gasteiger partial charge in [0.1, 0.15) is 6.10 Å². The van der Waals surface area contributed by atoms with E-state index >= 15 is 0 Å². The fraction of sp³-hybridized carbons (Fsp3) is 0.833. The lowest BCUT2D eigenvalue weighted by Crippen LogP contribution is -2.56. The van der Waals surface area contributed by atoms with E-state index in [0.717, 1.165) is 0 Å². The second kappa shape index (κ2) is 11.1. The number of carbonyl (C=O) groups is 3. The van der Waals surface area contributed by atoms with Crippen LogP contribution in [0.25, 0.3) is 0 Å². The summed E-state index contributed by atoms with van der Waals surface area (Å²) in [6, 6.07) is 0. The van der Waals surface area contributed by atoms with Crippen molar-refractivity contribution >= 4 is 17.9 Å². The number of ether oxygens (including phenoxy) is 3. The van der Waals surface area contributed by atoms with Crippen LogP contribution in [0.3, 0.4) is 0 Å². The summed E-state index contributed by atoms with van der Waals surface area (Å²) in [6.45, 7) is 5.38. The monoisotopic (exact) mass is 374 g/mol. The van der Waals surface area contributed by atoms with E-state index in [0.29, 0.717) is 25.7 Å². The maximum Gasteiger partial charge on any atom is 0.306 e. The van der Waals surface area contributed by atoms with Crippen LogP contribution in [-0.4, -0.2) is 52.7 Å². The molecule has 0 radical (unpaired) electrons. The van der Waals surface area contributed by atoms with Gasteiger partial charge in [-0.15, -0.1) is 0 Å². The predicted molar refractivity (Wildman–Crippen MR) is 91.1 cm³/mol.